The molecule has 0 aliphatic rings. The Morgan fingerprint density at radius 1 is 0.864 bits per heavy atom. The number of rotatable bonds is 3. The fraction of sp³-hybridized carbons (Fsp3) is 0.282. The van der Waals surface area contributed by atoms with E-state index >= 15 is 0 Å². The van der Waals surface area contributed by atoms with Crippen LogP contribution in [0.4, 0.5) is 0 Å². The monoisotopic (exact) mass is 779 g/mol. The molecule has 4 aromatic carbocycles. The summed E-state index contributed by atoms with van der Waals surface area (Å²) in [4.78, 5) is 16.6. The molecule has 44 heavy (non-hydrogen) atoms. The first-order chi connectivity index (χ1) is 20.3. The van der Waals surface area contributed by atoms with Crippen LogP contribution in [0, 0.1) is 16.9 Å². The third-order valence-electron chi connectivity index (χ3n) is 7.73. The predicted molar refractivity (Wildman–Crippen MR) is 185 cm³/mol. The second-order valence-corrected chi connectivity index (χ2v) is 14.6. The Hall–Kier alpha value is -3.37. The van der Waals surface area contributed by atoms with E-state index in [4.69, 9.17) is 4.98 Å². The first kappa shape index (κ1) is 33.5. The van der Waals surface area contributed by atoms with Crippen LogP contribution in [-0.4, -0.2) is 15.9 Å². The maximum Gasteiger partial charge on any atom is 0.164 e. The maximum atomic E-state index is 11.5. The summed E-state index contributed by atoms with van der Waals surface area (Å²) < 4.78 is 2.54. The van der Waals surface area contributed by atoms with Gasteiger partial charge in [-0.2, -0.15) is 0 Å². The van der Waals surface area contributed by atoms with E-state index in [1.165, 1.54) is 48.0 Å². The van der Waals surface area contributed by atoms with Crippen molar-refractivity contribution in [1.82, 2.24) is 4.98 Å². The van der Waals surface area contributed by atoms with Crippen molar-refractivity contribution in [3.8, 4) is 11.3 Å². The van der Waals surface area contributed by atoms with Crippen LogP contribution < -0.4 is 0 Å². The molecular formula is C39H40IrNO2S-. The number of fused-ring (bicyclic) bond motifs is 6. The molecule has 0 amide bonds. The zero-order valence-electron chi connectivity index (χ0n) is 26.7. The molecule has 2 heterocycles. The van der Waals surface area contributed by atoms with Crippen LogP contribution in [0.1, 0.15) is 66.9 Å². The molecule has 0 saturated carbocycles. The summed E-state index contributed by atoms with van der Waals surface area (Å²) in [6.45, 7) is 15.6. The van der Waals surface area contributed by atoms with Crippen LogP contribution in [0.5, 0.6) is 0 Å². The third kappa shape index (κ3) is 6.81. The molecule has 0 bridgehead atoms. The molecule has 0 unspecified atom stereocenters. The number of thiophene rings is 1. The number of benzene rings is 4. The van der Waals surface area contributed by atoms with E-state index in [0.717, 1.165) is 16.8 Å². The fourth-order valence-electron chi connectivity index (χ4n) is 4.95. The average molecular weight is 779 g/mol. The van der Waals surface area contributed by atoms with Gasteiger partial charge in [0.1, 0.15) is 5.76 Å². The third-order valence-corrected chi connectivity index (χ3v) is 8.91. The van der Waals surface area contributed by atoms with Gasteiger partial charge in [-0.05, 0) is 23.6 Å². The number of pyridine rings is 1. The summed E-state index contributed by atoms with van der Waals surface area (Å²) >= 11 is 1.83. The Labute approximate surface area is 278 Å². The summed E-state index contributed by atoms with van der Waals surface area (Å²) in [6, 6.07) is 31.7. The fourth-order valence-corrected chi connectivity index (χ4v) is 6.17. The summed E-state index contributed by atoms with van der Waals surface area (Å²) in [5.41, 5.74) is 3.75. The minimum atomic E-state index is -0.417. The Balaban J connectivity index is 0.000000271. The topological polar surface area (TPSA) is 50.2 Å². The van der Waals surface area contributed by atoms with Crippen molar-refractivity contribution in [2.45, 2.75) is 61.3 Å². The molecule has 0 atom stereocenters. The van der Waals surface area contributed by atoms with Gasteiger partial charge in [0, 0.05) is 68.3 Å². The number of aliphatic hydroxyl groups is 1. The van der Waals surface area contributed by atoms with Crippen molar-refractivity contribution >= 4 is 59.0 Å². The molecule has 1 N–H and O–H groups in total. The zero-order valence-corrected chi connectivity index (χ0v) is 29.9. The van der Waals surface area contributed by atoms with Gasteiger partial charge in [0.15, 0.2) is 5.78 Å². The van der Waals surface area contributed by atoms with Gasteiger partial charge in [-0.25, -0.2) is 0 Å². The van der Waals surface area contributed by atoms with Crippen LogP contribution in [0.15, 0.2) is 90.7 Å². The summed E-state index contributed by atoms with van der Waals surface area (Å²) in [5.74, 6) is 0.613. The number of ketones is 1. The molecule has 5 heteroatoms. The van der Waals surface area contributed by atoms with E-state index in [2.05, 4.69) is 92.7 Å². The summed E-state index contributed by atoms with van der Waals surface area (Å²) in [7, 11) is 0. The first-order valence-electron chi connectivity index (χ1n) is 14.9. The molecule has 0 aliphatic carbocycles. The second kappa shape index (κ2) is 12.9. The van der Waals surface area contributed by atoms with Gasteiger partial charge in [-0.1, -0.05) is 115 Å². The molecule has 6 rings (SSSR count). The van der Waals surface area contributed by atoms with Crippen LogP contribution in [0.25, 0.3) is 53.1 Å². The van der Waals surface area contributed by atoms with Gasteiger partial charge >= 0.3 is 0 Å². The number of aromatic nitrogens is 1. The van der Waals surface area contributed by atoms with Crippen LogP contribution >= 0.6 is 11.3 Å². The number of carbonyl (C=O) groups excluding carboxylic acids is 1. The minimum Gasteiger partial charge on any atom is -0.512 e. The average Bonchev–Trinajstić information content (AvgIpc) is 3.35. The van der Waals surface area contributed by atoms with Crippen molar-refractivity contribution in [2.75, 3.05) is 0 Å². The molecule has 6 aromatic rings. The number of nitrogens with zero attached hydrogens (tertiary/aromatic N) is 1. The number of allylic oxidation sites excluding steroid dienone is 2. The number of hydrogen-bond donors (Lipinski definition) is 1. The van der Waals surface area contributed by atoms with E-state index in [1.54, 1.807) is 0 Å². The Kier molecular flexibility index (Phi) is 9.85. The molecule has 0 fully saturated rings. The van der Waals surface area contributed by atoms with Gasteiger partial charge in [0.05, 0.1) is 5.52 Å². The molecule has 2 aromatic heterocycles. The molecule has 0 spiro atoms. The van der Waals surface area contributed by atoms with Crippen LogP contribution in [0.2, 0.25) is 0 Å². The van der Waals surface area contributed by atoms with E-state index in [-0.39, 0.29) is 37.1 Å². The van der Waals surface area contributed by atoms with Gasteiger partial charge < -0.3 is 5.11 Å². The van der Waals surface area contributed by atoms with Crippen molar-refractivity contribution < 1.29 is 30.0 Å². The largest absolute Gasteiger partial charge is 0.512 e. The van der Waals surface area contributed by atoms with Crippen molar-refractivity contribution in [3.63, 3.8) is 0 Å². The molecule has 1 radical (unpaired) electrons. The molecule has 0 saturated heterocycles. The molecular weight excluding hydrogens is 739 g/mol. The number of para-hydroxylation sites is 1. The molecule has 3 nitrogen and oxygen atoms in total. The number of hydrogen-bond acceptors (Lipinski definition) is 4. The van der Waals surface area contributed by atoms with Gasteiger partial charge in [0.2, 0.25) is 0 Å². The van der Waals surface area contributed by atoms with Gasteiger partial charge in [-0.3, -0.25) is 9.78 Å². The van der Waals surface area contributed by atoms with E-state index in [9.17, 15) is 9.90 Å². The minimum absolute atomic E-state index is 0. The SMILES string of the molecule is CC(C)(C)C(=O)/C=C(\O)C(C)(C)C.CC(C)c1ccc2c(-c3nc4ccccc4c4c3sc3ccccc34)[c-]ccc2c1.[Ir]. The number of aliphatic hydroxyl groups excluding tert-OH is 1. The maximum absolute atomic E-state index is 11.5. The smallest absolute Gasteiger partial charge is 0.164 e. The van der Waals surface area contributed by atoms with Crippen molar-refractivity contribution in [3.05, 3.63) is 102 Å². The van der Waals surface area contributed by atoms with Crippen molar-refractivity contribution in [1.29, 1.82) is 0 Å². The van der Waals surface area contributed by atoms with Gasteiger partial charge in [-0.15, -0.1) is 40.5 Å². The van der Waals surface area contributed by atoms with E-state index in [0.29, 0.717) is 5.92 Å². The standard InChI is InChI=1S/C28H20NS.C11H20O2.Ir/c1-17(2)18-14-15-20-19(16-18)8-7-11-21(20)27-28-26(22-9-3-5-12-24(22)29-27)23-10-4-6-13-25(23)30-28;1-10(2,3)8(12)7-9(13)11(4,5)6;/h3-10,12-17H,1-2H3;7,12H,1-6H3;/q-1;;/b;8-7-;. The summed E-state index contributed by atoms with van der Waals surface area (Å²) in [5, 5.41) is 15.9. The molecule has 229 valence electrons. The van der Waals surface area contributed by atoms with Crippen molar-refractivity contribution in [2.24, 2.45) is 10.8 Å². The van der Waals surface area contributed by atoms with E-state index in [1.807, 2.05) is 58.9 Å². The summed E-state index contributed by atoms with van der Waals surface area (Å²) in [6.07, 6.45) is 1.33. The Morgan fingerprint density at radius 3 is 2.18 bits per heavy atom. The second-order valence-electron chi connectivity index (χ2n) is 13.5. The van der Waals surface area contributed by atoms with Crippen LogP contribution in [-0.2, 0) is 24.9 Å². The first-order valence-corrected chi connectivity index (χ1v) is 15.7. The molecule has 0 aliphatic heterocycles. The quantitative estimate of drug-likeness (QED) is 0.111. The Bertz CT molecular complexity index is 2000. The van der Waals surface area contributed by atoms with E-state index < -0.39 is 5.41 Å². The van der Waals surface area contributed by atoms with Gasteiger partial charge in [0.25, 0.3) is 0 Å². The Morgan fingerprint density at radius 2 is 1.52 bits per heavy atom. The normalized spacial score (nSPS) is 12.4. The predicted octanol–water partition coefficient (Wildman–Crippen LogP) is 11.4. The number of carbonyl (C=O) groups is 1. The van der Waals surface area contributed by atoms with Crippen LogP contribution in [0.3, 0.4) is 0 Å². The zero-order chi connectivity index (χ0) is 31.1.